The van der Waals surface area contributed by atoms with Crippen LogP contribution in [0.25, 0.3) is 0 Å². The molecule has 7 heteroatoms. The van der Waals surface area contributed by atoms with Crippen LogP contribution in [0.3, 0.4) is 0 Å². The van der Waals surface area contributed by atoms with E-state index in [9.17, 15) is 0 Å². The van der Waals surface area contributed by atoms with Gasteiger partial charge in [0.25, 0.3) is 0 Å². The van der Waals surface area contributed by atoms with Crippen molar-refractivity contribution in [2.24, 2.45) is 0 Å². The molecule has 23 heavy (non-hydrogen) atoms. The molecule has 0 aromatic rings. The van der Waals surface area contributed by atoms with Gasteiger partial charge in [-0.2, -0.15) is 35.3 Å². The Labute approximate surface area is 163 Å². The molecule has 0 aliphatic carbocycles. The van der Waals surface area contributed by atoms with Gasteiger partial charge in [-0.15, -0.1) is 23.5 Å². The third-order valence-electron chi connectivity index (χ3n) is 3.72. The van der Waals surface area contributed by atoms with E-state index in [1.165, 1.54) is 28.8 Å². The first-order valence-corrected chi connectivity index (χ1v) is 13.5. The standard InChI is InChI=1S/C16H30O2S5/c1-5-19-6-7-20-8-9-21-14(2,12-22-15(3)10-17-15)13-23-16(4)11-18-16/h5-13H2,1-4H3. The zero-order valence-electron chi connectivity index (χ0n) is 14.7. The largest absolute Gasteiger partial charge is 0.358 e. The molecule has 2 nitrogen and oxygen atoms in total. The number of epoxide rings is 2. The lowest BCUT2D eigenvalue weighted by atomic mass is 10.2. The summed E-state index contributed by atoms with van der Waals surface area (Å²) >= 11 is 10.3. The van der Waals surface area contributed by atoms with Gasteiger partial charge < -0.3 is 9.47 Å². The van der Waals surface area contributed by atoms with Crippen molar-refractivity contribution in [1.82, 2.24) is 0 Å². The topological polar surface area (TPSA) is 25.1 Å². The Morgan fingerprint density at radius 3 is 1.83 bits per heavy atom. The highest BCUT2D eigenvalue weighted by molar-refractivity contribution is 8.07. The van der Waals surface area contributed by atoms with Gasteiger partial charge in [0.2, 0.25) is 0 Å². The molecule has 0 aromatic heterocycles. The van der Waals surface area contributed by atoms with Gasteiger partial charge >= 0.3 is 0 Å². The Balaban J connectivity index is 1.66. The SMILES string of the molecule is CCSCCSCCSC(C)(CSC1(C)CO1)CSC1(C)CO1. The number of hydrogen-bond donors (Lipinski definition) is 0. The van der Waals surface area contributed by atoms with Crippen LogP contribution >= 0.6 is 58.8 Å². The summed E-state index contributed by atoms with van der Waals surface area (Å²) in [5.74, 6) is 8.65. The molecule has 2 aliphatic rings. The fourth-order valence-electron chi connectivity index (χ4n) is 1.82. The summed E-state index contributed by atoms with van der Waals surface area (Å²) in [7, 11) is 0. The Hall–Kier alpha value is 1.67. The van der Waals surface area contributed by atoms with Crippen molar-refractivity contribution >= 4 is 58.8 Å². The van der Waals surface area contributed by atoms with Crippen LogP contribution < -0.4 is 0 Å². The summed E-state index contributed by atoms with van der Waals surface area (Å²) in [5.41, 5.74) is 0. The number of hydrogen-bond acceptors (Lipinski definition) is 7. The van der Waals surface area contributed by atoms with E-state index in [1.54, 1.807) is 0 Å². The molecule has 136 valence electrons. The quantitative estimate of drug-likeness (QED) is 0.294. The highest BCUT2D eigenvalue weighted by Crippen LogP contribution is 2.47. The van der Waals surface area contributed by atoms with Crippen molar-refractivity contribution in [1.29, 1.82) is 0 Å². The molecule has 2 unspecified atom stereocenters. The summed E-state index contributed by atoms with van der Waals surface area (Å²) in [6, 6.07) is 0. The van der Waals surface area contributed by atoms with E-state index < -0.39 is 0 Å². The van der Waals surface area contributed by atoms with Crippen molar-refractivity contribution in [3.05, 3.63) is 0 Å². The molecule has 0 N–H and O–H groups in total. The van der Waals surface area contributed by atoms with Gasteiger partial charge in [0.1, 0.15) is 9.87 Å². The monoisotopic (exact) mass is 414 g/mol. The first kappa shape index (κ1) is 21.0. The van der Waals surface area contributed by atoms with E-state index in [0.717, 1.165) is 24.7 Å². The molecule has 0 radical (unpaired) electrons. The van der Waals surface area contributed by atoms with E-state index in [4.69, 9.17) is 9.47 Å². The summed E-state index contributed by atoms with van der Waals surface area (Å²) in [4.78, 5) is 0.192. The first-order chi connectivity index (χ1) is 10.9. The summed E-state index contributed by atoms with van der Waals surface area (Å²) in [5, 5.41) is 0. The maximum Gasteiger partial charge on any atom is 0.134 e. The molecule has 2 saturated heterocycles. The summed E-state index contributed by atoms with van der Waals surface area (Å²) in [6.45, 7) is 10.9. The average molecular weight is 415 g/mol. The van der Waals surface area contributed by atoms with E-state index in [1.807, 2.05) is 35.3 Å². The predicted molar refractivity (Wildman–Crippen MR) is 115 cm³/mol. The van der Waals surface area contributed by atoms with Crippen LogP contribution in [0.5, 0.6) is 0 Å². The Morgan fingerprint density at radius 1 is 0.870 bits per heavy atom. The Kier molecular flexibility index (Phi) is 8.72. The molecule has 0 spiro atoms. The van der Waals surface area contributed by atoms with Crippen LogP contribution in [0.1, 0.15) is 27.7 Å². The van der Waals surface area contributed by atoms with Crippen LogP contribution in [0.4, 0.5) is 0 Å². The maximum absolute atomic E-state index is 5.55. The minimum absolute atomic E-state index is 0.0958. The van der Waals surface area contributed by atoms with Gasteiger partial charge in [0, 0.05) is 39.3 Å². The second kappa shape index (κ2) is 9.56. The number of thioether (sulfide) groups is 5. The van der Waals surface area contributed by atoms with Crippen molar-refractivity contribution in [2.75, 3.05) is 53.5 Å². The predicted octanol–water partition coefficient (Wildman–Crippen LogP) is 4.92. The van der Waals surface area contributed by atoms with Gasteiger partial charge in [0.05, 0.1) is 13.2 Å². The molecule has 2 heterocycles. The smallest absolute Gasteiger partial charge is 0.134 e. The third kappa shape index (κ3) is 8.74. The third-order valence-corrected chi connectivity index (χ3v) is 11.1. The van der Waals surface area contributed by atoms with Gasteiger partial charge in [0.15, 0.2) is 0 Å². The first-order valence-electron chi connectivity index (χ1n) is 8.24. The molecule has 2 fully saturated rings. The van der Waals surface area contributed by atoms with Gasteiger partial charge in [-0.3, -0.25) is 0 Å². The Bertz CT molecular complexity index is 336. The minimum atomic E-state index is 0.0958. The van der Waals surface area contributed by atoms with Crippen LogP contribution in [-0.4, -0.2) is 68.1 Å². The maximum atomic E-state index is 5.55. The number of rotatable bonds is 14. The molecule has 2 rings (SSSR count). The highest BCUT2D eigenvalue weighted by Gasteiger charge is 2.44. The lowest BCUT2D eigenvalue weighted by Crippen LogP contribution is -2.30. The van der Waals surface area contributed by atoms with Gasteiger partial charge in [-0.05, 0) is 26.5 Å². The minimum Gasteiger partial charge on any atom is -0.358 e. The highest BCUT2D eigenvalue weighted by atomic mass is 32.2. The fraction of sp³-hybridized carbons (Fsp3) is 1.00. The fourth-order valence-corrected chi connectivity index (χ4v) is 7.58. The second-order valence-corrected chi connectivity index (χ2v) is 13.7. The molecule has 2 atom stereocenters. The van der Waals surface area contributed by atoms with Crippen LogP contribution in [-0.2, 0) is 9.47 Å². The van der Waals surface area contributed by atoms with Crippen LogP contribution in [0.2, 0.25) is 0 Å². The molecule has 0 bridgehead atoms. The lowest BCUT2D eigenvalue weighted by Gasteiger charge is -2.30. The lowest BCUT2D eigenvalue weighted by molar-refractivity contribution is 0.401. The molecular weight excluding hydrogens is 385 g/mol. The average Bonchev–Trinajstić information content (AvgIpc) is 3.44. The van der Waals surface area contributed by atoms with E-state index >= 15 is 0 Å². The van der Waals surface area contributed by atoms with Crippen molar-refractivity contribution in [3.8, 4) is 0 Å². The molecule has 0 aromatic carbocycles. The van der Waals surface area contributed by atoms with Gasteiger partial charge in [-0.1, -0.05) is 6.92 Å². The number of ether oxygens (including phenoxy) is 2. The van der Waals surface area contributed by atoms with Crippen LogP contribution in [0.15, 0.2) is 0 Å². The van der Waals surface area contributed by atoms with Crippen molar-refractivity contribution in [2.45, 2.75) is 42.3 Å². The Morgan fingerprint density at radius 2 is 1.35 bits per heavy atom. The zero-order valence-corrected chi connectivity index (χ0v) is 18.8. The molecule has 0 saturated carbocycles. The van der Waals surface area contributed by atoms with Gasteiger partial charge in [-0.25, -0.2) is 0 Å². The van der Waals surface area contributed by atoms with Crippen molar-refractivity contribution < 1.29 is 9.47 Å². The summed E-state index contributed by atoms with van der Waals surface area (Å²) < 4.78 is 11.4. The van der Waals surface area contributed by atoms with E-state index in [-0.39, 0.29) is 9.87 Å². The van der Waals surface area contributed by atoms with Crippen molar-refractivity contribution in [3.63, 3.8) is 0 Å². The molecule has 2 aliphatic heterocycles. The van der Waals surface area contributed by atoms with E-state index in [0.29, 0.717) is 4.75 Å². The van der Waals surface area contributed by atoms with E-state index in [2.05, 4.69) is 51.2 Å². The molecular formula is C16H30O2S5. The second-order valence-electron chi connectivity index (χ2n) is 6.53. The zero-order chi connectivity index (χ0) is 16.8. The normalized spacial score (nSPS) is 31.8. The molecule has 0 amide bonds. The van der Waals surface area contributed by atoms with Crippen LogP contribution in [0, 0.1) is 0 Å². The summed E-state index contributed by atoms with van der Waals surface area (Å²) in [6.07, 6.45) is 0.